The maximum absolute atomic E-state index is 11.7. The van der Waals surface area contributed by atoms with Crippen LogP contribution in [0, 0.1) is 15.5 Å². The molecule has 0 atom stereocenters. The highest BCUT2D eigenvalue weighted by Crippen LogP contribution is 2.45. The van der Waals surface area contributed by atoms with Gasteiger partial charge in [-0.25, -0.2) is 0 Å². The lowest BCUT2D eigenvalue weighted by Crippen LogP contribution is -2.39. The molecule has 0 spiro atoms. The second kappa shape index (κ2) is 5.78. The van der Waals surface area contributed by atoms with E-state index in [1.54, 1.807) is 18.2 Å². The number of para-hydroxylation sites is 2. The minimum Gasteiger partial charge on any atom is -0.480 e. The SMILES string of the molecule is O=C(O)C1(C(=O)NCCNc2ccccc2[N+](=O)[O-])CC1. The number of nitrogens with zero attached hydrogens (tertiary/aromatic N) is 1. The molecule has 0 aliphatic heterocycles. The molecule has 8 nitrogen and oxygen atoms in total. The van der Waals surface area contributed by atoms with Gasteiger partial charge in [-0.05, 0) is 18.9 Å². The Kier molecular flexibility index (Phi) is 4.06. The number of nitro groups is 1. The Bertz CT molecular complexity index is 583. The Hall–Kier alpha value is -2.64. The van der Waals surface area contributed by atoms with Crippen LogP contribution in [0.5, 0.6) is 0 Å². The quantitative estimate of drug-likeness (QED) is 0.298. The molecule has 1 aromatic carbocycles. The molecule has 0 unspecified atom stereocenters. The summed E-state index contributed by atoms with van der Waals surface area (Å²) >= 11 is 0. The number of rotatable bonds is 7. The number of benzene rings is 1. The number of carboxylic acids is 1. The third-order valence-electron chi connectivity index (χ3n) is 3.42. The number of nitrogens with one attached hydrogen (secondary N) is 2. The van der Waals surface area contributed by atoms with E-state index in [2.05, 4.69) is 10.6 Å². The summed E-state index contributed by atoms with van der Waals surface area (Å²) in [5, 5.41) is 25.1. The van der Waals surface area contributed by atoms with Gasteiger partial charge in [0.2, 0.25) is 5.91 Å². The van der Waals surface area contributed by atoms with Crippen molar-refractivity contribution in [2.45, 2.75) is 12.8 Å². The van der Waals surface area contributed by atoms with Crippen molar-refractivity contribution < 1.29 is 19.6 Å². The van der Waals surface area contributed by atoms with E-state index in [0.717, 1.165) is 0 Å². The normalized spacial score (nSPS) is 15.0. The van der Waals surface area contributed by atoms with Crippen LogP contribution >= 0.6 is 0 Å². The molecule has 1 aromatic rings. The van der Waals surface area contributed by atoms with Crippen LogP contribution in [-0.2, 0) is 9.59 Å². The third kappa shape index (κ3) is 3.10. The summed E-state index contributed by atoms with van der Waals surface area (Å²) in [6.45, 7) is 0.464. The van der Waals surface area contributed by atoms with E-state index in [-0.39, 0.29) is 18.8 Å². The van der Waals surface area contributed by atoms with Crippen LogP contribution in [0.4, 0.5) is 11.4 Å². The average molecular weight is 293 g/mol. The van der Waals surface area contributed by atoms with Crippen molar-refractivity contribution in [3.05, 3.63) is 34.4 Å². The average Bonchev–Trinajstić information content (AvgIpc) is 3.25. The van der Waals surface area contributed by atoms with Crippen LogP contribution in [0.3, 0.4) is 0 Å². The summed E-state index contributed by atoms with van der Waals surface area (Å²) in [5.74, 6) is -1.61. The standard InChI is InChI=1S/C13H15N3O5/c17-11(13(5-6-13)12(18)19)15-8-7-14-9-3-1-2-4-10(9)16(20)21/h1-4,14H,5-8H2,(H,15,17)(H,18,19). The monoisotopic (exact) mass is 293 g/mol. The molecule has 1 aliphatic rings. The van der Waals surface area contributed by atoms with Gasteiger partial charge in [-0.1, -0.05) is 12.1 Å². The van der Waals surface area contributed by atoms with Crippen molar-refractivity contribution in [1.29, 1.82) is 0 Å². The lowest BCUT2D eigenvalue weighted by atomic mass is 10.1. The molecule has 0 heterocycles. The summed E-state index contributed by atoms with van der Waals surface area (Å²) in [7, 11) is 0. The van der Waals surface area contributed by atoms with Gasteiger partial charge in [0, 0.05) is 19.2 Å². The van der Waals surface area contributed by atoms with Crippen molar-refractivity contribution in [2.24, 2.45) is 5.41 Å². The summed E-state index contributed by atoms with van der Waals surface area (Å²) in [5.41, 5.74) is -0.956. The molecule has 1 saturated carbocycles. The van der Waals surface area contributed by atoms with Gasteiger partial charge in [0.05, 0.1) is 4.92 Å². The Balaban J connectivity index is 1.82. The van der Waals surface area contributed by atoms with E-state index in [4.69, 9.17) is 5.11 Å². The molecule has 1 fully saturated rings. The van der Waals surface area contributed by atoms with Crippen molar-refractivity contribution in [1.82, 2.24) is 5.32 Å². The Morgan fingerprint density at radius 2 is 1.95 bits per heavy atom. The molecular formula is C13H15N3O5. The number of amides is 1. The van der Waals surface area contributed by atoms with E-state index < -0.39 is 22.2 Å². The number of hydrogen-bond acceptors (Lipinski definition) is 5. The van der Waals surface area contributed by atoms with Gasteiger partial charge >= 0.3 is 5.97 Å². The zero-order valence-corrected chi connectivity index (χ0v) is 11.2. The molecule has 0 saturated heterocycles. The zero-order valence-electron chi connectivity index (χ0n) is 11.2. The van der Waals surface area contributed by atoms with Crippen LogP contribution in [-0.4, -0.2) is 35.0 Å². The van der Waals surface area contributed by atoms with E-state index in [1.807, 2.05) is 0 Å². The number of carboxylic acid groups (broad SMARTS) is 1. The highest BCUT2D eigenvalue weighted by molar-refractivity contribution is 6.04. The first-order chi connectivity index (χ1) is 9.97. The first-order valence-corrected chi connectivity index (χ1v) is 6.46. The van der Waals surface area contributed by atoms with Crippen LogP contribution in [0.1, 0.15) is 12.8 Å². The van der Waals surface area contributed by atoms with E-state index in [0.29, 0.717) is 18.5 Å². The Morgan fingerprint density at radius 3 is 2.52 bits per heavy atom. The van der Waals surface area contributed by atoms with Gasteiger partial charge in [0.25, 0.3) is 5.69 Å². The smallest absolute Gasteiger partial charge is 0.319 e. The summed E-state index contributed by atoms with van der Waals surface area (Å²) in [6.07, 6.45) is 0.706. The van der Waals surface area contributed by atoms with Gasteiger partial charge in [0.15, 0.2) is 0 Å². The number of carbonyl (C=O) groups is 2. The highest BCUT2D eigenvalue weighted by Gasteiger charge is 2.56. The number of carbonyl (C=O) groups excluding carboxylic acids is 1. The molecule has 0 radical (unpaired) electrons. The number of hydrogen-bond donors (Lipinski definition) is 3. The molecule has 112 valence electrons. The zero-order chi connectivity index (χ0) is 15.5. The molecule has 3 N–H and O–H groups in total. The molecular weight excluding hydrogens is 278 g/mol. The first-order valence-electron chi connectivity index (χ1n) is 6.46. The van der Waals surface area contributed by atoms with Gasteiger partial charge in [0.1, 0.15) is 11.1 Å². The van der Waals surface area contributed by atoms with Crippen molar-refractivity contribution in [3.63, 3.8) is 0 Å². The summed E-state index contributed by atoms with van der Waals surface area (Å²) < 4.78 is 0. The molecule has 0 aromatic heterocycles. The van der Waals surface area contributed by atoms with Gasteiger partial charge < -0.3 is 15.7 Å². The highest BCUT2D eigenvalue weighted by atomic mass is 16.6. The Morgan fingerprint density at radius 1 is 1.29 bits per heavy atom. The topological polar surface area (TPSA) is 122 Å². The van der Waals surface area contributed by atoms with E-state index >= 15 is 0 Å². The minimum absolute atomic E-state index is 0.0481. The molecule has 2 rings (SSSR count). The van der Waals surface area contributed by atoms with Crippen LogP contribution in [0.2, 0.25) is 0 Å². The van der Waals surface area contributed by atoms with Crippen molar-refractivity contribution in [2.75, 3.05) is 18.4 Å². The third-order valence-corrected chi connectivity index (χ3v) is 3.42. The lowest BCUT2D eigenvalue weighted by Gasteiger charge is -2.11. The second-order valence-electron chi connectivity index (χ2n) is 4.84. The van der Waals surface area contributed by atoms with Gasteiger partial charge in [-0.3, -0.25) is 19.7 Å². The summed E-state index contributed by atoms with van der Waals surface area (Å²) in [4.78, 5) is 33.0. The number of nitro benzene ring substituents is 1. The molecule has 21 heavy (non-hydrogen) atoms. The van der Waals surface area contributed by atoms with E-state index in [1.165, 1.54) is 6.07 Å². The fourth-order valence-electron chi connectivity index (χ4n) is 1.99. The van der Waals surface area contributed by atoms with Crippen LogP contribution in [0.15, 0.2) is 24.3 Å². The van der Waals surface area contributed by atoms with Crippen LogP contribution in [0.25, 0.3) is 0 Å². The molecule has 1 amide bonds. The number of anilines is 1. The van der Waals surface area contributed by atoms with Crippen LogP contribution < -0.4 is 10.6 Å². The predicted octanol–water partition coefficient (Wildman–Crippen LogP) is 0.988. The second-order valence-corrected chi connectivity index (χ2v) is 4.84. The number of aliphatic carboxylic acids is 1. The molecule has 1 aliphatic carbocycles. The maximum Gasteiger partial charge on any atom is 0.319 e. The van der Waals surface area contributed by atoms with Crippen molar-refractivity contribution >= 4 is 23.3 Å². The molecule has 8 heteroatoms. The Labute approximate surface area is 120 Å². The predicted molar refractivity (Wildman–Crippen MR) is 73.9 cm³/mol. The fraction of sp³-hybridized carbons (Fsp3) is 0.385. The van der Waals surface area contributed by atoms with Gasteiger partial charge in [-0.15, -0.1) is 0 Å². The minimum atomic E-state index is -1.27. The largest absolute Gasteiger partial charge is 0.480 e. The van der Waals surface area contributed by atoms with Crippen molar-refractivity contribution in [3.8, 4) is 0 Å². The fourth-order valence-corrected chi connectivity index (χ4v) is 1.99. The van der Waals surface area contributed by atoms with E-state index in [9.17, 15) is 19.7 Å². The molecule has 0 bridgehead atoms. The van der Waals surface area contributed by atoms with Gasteiger partial charge in [-0.2, -0.15) is 0 Å². The lowest BCUT2D eigenvalue weighted by molar-refractivity contribution is -0.384. The first kappa shape index (κ1) is 14.8. The maximum atomic E-state index is 11.7. The summed E-state index contributed by atoms with van der Waals surface area (Å²) in [6, 6.07) is 6.18.